The van der Waals surface area contributed by atoms with E-state index in [2.05, 4.69) is 6.07 Å². The normalized spacial score (nSPS) is 17.0. The van der Waals surface area contributed by atoms with Crippen molar-refractivity contribution in [3.05, 3.63) is 70.8 Å². The Labute approximate surface area is 151 Å². The van der Waals surface area contributed by atoms with Gasteiger partial charge in [-0.1, -0.05) is 18.2 Å². The molecule has 1 fully saturated rings. The van der Waals surface area contributed by atoms with Crippen molar-refractivity contribution in [2.24, 2.45) is 5.92 Å². The molecule has 2 aromatic carbocycles. The minimum atomic E-state index is -0.834. The fourth-order valence-electron chi connectivity index (χ4n) is 3.49. The number of hydrogen-bond acceptors (Lipinski definition) is 2. The standard InChI is InChI=1S/C21H20F2N2O/c22-19-10-9-15(12-20(19)23)7-8-16-4-3-11-25(14-16)21(26)18-6-2-1-5-17(18)13-24/h1-2,5-6,9-10,12,16H,3-4,7-8,11,14H2/t16-/m0/s1. The molecular formula is C21H20F2N2O. The Bertz CT molecular complexity index is 844. The highest BCUT2D eigenvalue weighted by Crippen LogP contribution is 2.24. The van der Waals surface area contributed by atoms with Crippen LogP contribution in [0.3, 0.4) is 0 Å². The number of carbonyl (C=O) groups excluding carboxylic acids is 1. The average Bonchev–Trinajstić information content (AvgIpc) is 2.68. The first-order valence-corrected chi connectivity index (χ1v) is 8.81. The topological polar surface area (TPSA) is 44.1 Å². The molecule has 3 nitrogen and oxygen atoms in total. The van der Waals surface area contributed by atoms with Gasteiger partial charge in [-0.3, -0.25) is 4.79 Å². The molecule has 26 heavy (non-hydrogen) atoms. The molecule has 1 saturated heterocycles. The monoisotopic (exact) mass is 354 g/mol. The van der Waals surface area contributed by atoms with Gasteiger partial charge >= 0.3 is 0 Å². The van der Waals surface area contributed by atoms with Gasteiger partial charge in [0.2, 0.25) is 0 Å². The molecule has 0 spiro atoms. The number of piperidine rings is 1. The van der Waals surface area contributed by atoms with E-state index in [4.69, 9.17) is 0 Å². The van der Waals surface area contributed by atoms with Crippen LogP contribution in [-0.4, -0.2) is 23.9 Å². The van der Waals surface area contributed by atoms with Crippen LogP contribution < -0.4 is 0 Å². The fourth-order valence-corrected chi connectivity index (χ4v) is 3.49. The van der Waals surface area contributed by atoms with Crippen molar-refractivity contribution in [1.82, 2.24) is 4.90 Å². The van der Waals surface area contributed by atoms with E-state index in [0.717, 1.165) is 30.9 Å². The van der Waals surface area contributed by atoms with Crippen molar-refractivity contribution in [3.8, 4) is 6.07 Å². The molecule has 0 N–H and O–H groups in total. The number of benzene rings is 2. The smallest absolute Gasteiger partial charge is 0.255 e. The molecule has 134 valence electrons. The zero-order valence-corrected chi connectivity index (χ0v) is 14.4. The van der Waals surface area contributed by atoms with Crippen LogP contribution in [0, 0.1) is 28.9 Å². The number of amides is 1. The van der Waals surface area contributed by atoms with Gasteiger partial charge in [-0.25, -0.2) is 8.78 Å². The molecular weight excluding hydrogens is 334 g/mol. The summed E-state index contributed by atoms with van der Waals surface area (Å²) in [5.41, 5.74) is 1.60. The zero-order valence-electron chi connectivity index (χ0n) is 14.4. The summed E-state index contributed by atoms with van der Waals surface area (Å²) in [4.78, 5) is 14.6. The highest BCUT2D eigenvalue weighted by atomic mass is 19.2. The van der Waals surface area contributed by atoms with Crippen molar-refractivity contribution in [3.63, 3.8) is 0 Å². The number of rotatable bonds is 4. The minimum Gasteiger partial charge on any atom is -0.338 e. The van der Waals surface area contributed by atoms with Gasteiger partial charge in [0, 0.05) is 13.1 Å². The number of halogens is 2. The molecule has 5 heteroatoms. The molecule has 0 aromatic heterocycles. The van der Waals surface area contributed by atoms with E-state index < -0.39 is 11.6 Å². The van der Waals surface area contributed by atoms with Crippen molar-refractivity contribution in [2.45, 2.75) is 25.7 Å². The van der Waals surface area contributed by atoms with Gasteiger partial charge in [0.25, 0.3) is 5.91 Å². The predicted molar refractivity (Wildman–Crippen MR) is 94.5 cm³/mol. The SMILES string of the molecule is N#Cc1ccccc1C(=O)N1CCC[C@@H](CCc2ccc(F)c(F)c2)C1. The van der Waals surface area contributed by atoms with E-state index in [0.29, 0.717) is 36.6 Å². The molecule has 0 radical (unpaired) electrons. The second-order valence-electron chi connectivity index (χ2n) is 6.70. The Kier molecular flexibility index (Phi) is 5.62. The molecule has 0 saturated carbocycles. The summed E-state index contributed by atoms with van der Waals surface area (Å²) in [6, 6.07) is 12.9. The Hall–Kier alpha value is -2.74. The van der Waals surface area contributed by atoms with Gasteiger partial charge in [-0.2, -0.15) is 5.26 Å². The molecule has 1 atom stereocenters. The maximum absolute atomic E-state index is 13.3. The van der Waals surface area contributed by atoms with E-state index in [-0.39, 0.29) is 5.91 Å². The van der Waals surface area contributed by atoms with E-state index in [1.807, 2.05) is 0 Å². The summed E-state index contributed by atoms with van der Waals surface area (Å²) in [6.45, 7) is 1.31. The van der Waals surface area contributed by atoms with Gasteiger partial charge in [0.1, 0.15) is 0 Å². The largest absolute Gasteiger partial charge is 0.338 e. The third-order valence-electron chi connectivity index (χ3n) is 4.91. The number of nitrogens with zero attached hydrogens (tertiary/aromatic N) is 2. The summed E-state index contributed by atoms with van der Waals surface area (Å²) in [5, 5.41) is 9.19. The second-order valence-corrected chi connectivity index (χ2v) is 6.70. The Morgan fingerprint density at radius 2 is 2.00 bits per heavy atom. The van der Waals surface area contributed by atoms with Gasteiger partial charge < -0.3 is 4.90 Å². The van der Waals surface area contributed by atoms with Crippen LogP contribution in [-0.2, 0) is 6.42 Å². The number of nitriles is 1. The maximum Gasteiger partial charge on any atom is 0.255 e. The van der Waals surface area contributed by atoms with E-state index in [9.17, 15) is 18.8 Å². The molecule has 1 aliphatic rings. The van der Waals surface area contributed by atoms with Crippen LogP contribution in [0.1, 0.15) is 40.7 Å². The minimum absolute atomic E-state index is 0.111. The first-order chi connectivity index (χ1) is 12.6. The fraction of sp³-hybridized carbons (Fsp3) is 0.333. The Balaban J connectivity index is 1.63. The molecule has 0 unspecified atom stereocenters. The van der Waals surface area contributed by atoms with Crippen molar-refractivity contribution < 1.29 is 13.6 Å². The van der Waals surface area contributed by atoms with Crippen molar-refractivity contribution in [2.75, 3.05) is 13.1 Å². The molecule has 0 bridgehead atoms. The van der Waals surface area contributed by atoms with Gasteiger partial charge in [-0.05, 0) is 61.4 Å². The van der Waals surface area contributed by atoms with Crippen LogP contribution in [0.5, 0.6) is 0 Å². The van der Waals surface area contributed by atoms with Gasteiger partial charge in [0.15, 0.2) is 11.6 Å². The molecule has 1 amide bonds. The number of aryl methyl sites for hydroxylation is 1. The lowest BCUT2D eigenvalue weighted by molar-refractivity contribution is 0.0668. The van der Waals surface area contributed by atoms with Gasteiger partial charge in [-0.15, -0.1) is 0 Å². The Morgan fingerprint density at radius 3 is 2.77 bits per heavy atom. The third-order valence-corrected chi connectivity index (χ3v) is 4.91. The van der Waals surface area contributed by atoms with Crippen LogP contribution in [0.4, 0.5) is 8.78 Å². The predicted octanol–water partition coefficient (Wildman–Crippen LogP) is 4.32. The first-order valence-electron chi connectivity index (χ1n) is 8.81. The van der Waals surface area contributed by atoms with Crippen LogP contribution in [0.2, 0.25) is 0 Å². The van der Waals surface area contributed by atoms with E-state index in [1.165, 1.54) is 6.07 Å². The van der Waals surface area contributed by atoms with Gasteiger partial charge in [0.05, 0.1) is 17.2 Å². The molecule has 1 aliphatic heterocycles. The Morgan fingerprint density at radius 1 is 1.19 bits per heavy atom. The summed E-state index contributed by atoms with van der Waals surface area (Å²) >= 11 is 0. The summed E-state index contributed by atoms with van der Waals surface area (Å²) in [5.74, 6) is -1.45. The lowest BCUT2D eigenvalue weighted by Crippen LogP contribution is -2.40. The highest BCUT2D eigenvalue weighted by Gasteiger charge is 2.25. The van der Waals surface area contributed by atoms with Crippen LogP contribution >= 0.6 is 0 Å². The quantitative estimate of drug-likeness (QED) is 0.821. The van der Waals surface area contributed by atoms with E-state index in [1.54, 1.807) is 35.2 Å². The zero-order chi connectivity index (χ0) is 18.5. The third kappa shape index (κ3) is 4.08. The summed E-state index contributed by atoms with van der Waals surface area (Å²) < 4.78 is 26.3. The average molecular weight is 354 g/mol. The first kappa shape index (κ1) is 18.1. The van der Waals surface area contributed by atoms with Crippen LogP contribution in [0.25, 0.3) is 0 Å². The summed E-state index contributed by atoms with van der Waals surface area (Å²) in [6.07, 6.45) is 3.38. The second kappa shape index (κ2) is 8.09. The van der Waals surface area contributed by atoms with E-state index >= 15 is 0 Å². The lowest BCUT2D eigenvalue weighted by Gasteiger charge is -2.33. The molecule has 0 aliphatic carbocycles. The van der Waals surface area contributed by atoms with Crippen molar-refractivity contribution in [1.29, 1.82) is 5.26 Å². The number of hydrogen-bond donors (Lipinski definition) is 0. The number of carbonyl (C=O) groups is 1. The van der Waals surface area contributed by atoms with Crippen LogP contribution in [0.15, 0.2) is 42.5 Å². The summed E-state index contributed by atoms with van der Waals surface area (Å²) in [7, 11) is 0. The molecule has 3 rings (SSSR count). The maximum atomic E-state index is 13.3. The number of likely N-dealkylation sites (tertiary alicyclic amines) is 1. The van der Waals surface area contributed by atoms with Crippen molar-refractivity contribution >= 4 is 5.91 Å². The lowest BCUT2D eigenvalue weighted by atomic mass is 9.91. The molecule has 2 aromatic rings. The highest BCUT2D eigenvalue weighted by molar-refractivity contribution is 5.96. The molecule has 1 heterocycles.